The van der Waals surface area contributed by atoms with Crippen LogP contribution in [-0.2, 0) is 9.53 Å². The van der Waals surface area contributed by atoms with Crippen molar-refractivity contribution in [2.75, 3.05) is 26.2 Å². The summed E-state index contributed by atoms with van der Waals surface area (Å²) in [5, 5.41) is 3.30. The molecule has 0 saturated carbocycles. The highest BCUT2D eigenvalue weighted by atomic mass is 16.5. The highest BCUT2D eigenvalue weighted by Crippen LogP contribution is 2.19. The van der Waals surface area contributed by atoms with Gasteiger partial charge in [0.05, 0.1) is 6.61 Å². The van der Waals surface area contributed by atoms with Gasteiger partial charge in [0.25, 0.3) is 0 Å². The van der Waals surface area contributed by atoms with Crippen molar-refractivity contribution in [3.63, 3.8) is 0 Å². The summed E-state index contributed by atoms with van der Waals surface area (Å²) >= 11 is 0. The van der Waals surface area contributed by atoms with Gasteiger partial charge in [-0.3, -0.25) is 4.79 Å². The molecule has 0 amide bonds. The van der Waals surface area contributed by atoms with Crippen molar-refractivity contribution in [3.05, 3.63) is 0 Å². The molecule has 1 aliphatic rings. The van der Waals surface area contributed by atoms with Crippen LogP contribution in [-0.4, -0.2) is 48.7 Å². The Morgan fingerprint density at radius 3 is 2.71 bits per heavy atom. The molecule has 1 saturated heterocycles. The summed E-state index contributed by atoms with van der Waals surface area (Å²) in [5.41, 5.74) is -0.529. The Hall–Kier alpha value is -0.610. The number of likely N-dealkylation sites (N-methyl/N-ethyl adjacent to an activating group) is 1. The first-order chi connectivity index (χ1) is 10.0. The summed E-state index contributed by atoms with van der Waals surface area (Å²) in [6.45, 7) is 11.8. The molecule has 2 atom stereocenters. The number of nitrogens with one attached hydrogen (secondary N) is 1. The molecule has 0 aromatic carbocycles. The third kappa shape index (κ3) is 5.95. The van der Waals surface area contributed by atoms with E-state index in [1.807, 2.05) is 20.8 Å². The van der Waals surface area contributed by atoms with E-state index in [1.54, 1.807) is 0 Å². The van der Waals surface area contributed by atoms with Gasteiger partial charge in [-0.1, -0.05) is 13.3 Å². The number of likely N-dealkylation sites (tertiary alicyclic amines) is 1. The fraction of sp³-hybridized carbons (Fsp3) is 0.941. The van der Waals surface area contributed by atoms with E-state index in [0.29, 0.717) is 6.61 Å². The summed E-state index contributed by atoms with van der Waals surface area (Å²) in [6, 6.07) is 0.726. The van der Waals surface area contributed by atoms with Crippen LogP contribution in [0.5, 0.6) is 0 Å². The number of nitrogens with zero attached hydrogens (tertiary/aromatic N) is 1. The predicted octanol–water partition coefficient (Wildman–Crippen LogP) is 2.96. The lowest BCUT2D eigenvalue weighted by atomic mass is 9.94. The van der Waals surface area contributed by atoms with Gasteiger partial charge in [-0.05, 0) is 72.5 Å². The van der Waals surface area contributed by atoms with Crippen molar-refractivity contribution < 1.29 is 9.53 Å². The number of rotatable bonds is 9. The summed E-state index contributed by atoms with van der Waals surface area (Å²) in [6.07, 6.45) is 7.11. The van der Waals surface area contributed by atoms with E-state index in [9.17, 15) is 4.79 Å². The molecule has 0 spiro atoms. The molecule has 0 aromatic rings. The molecule has 124 valence electrons. The minimum Gasteiger partial charge on any atom is -0.465 e. The average Bonchev–Trinajstić information content (AvgIpc) is 2.46. The van der Waals surface area contributed by atoms with Crippen LogP contribution in [0.4, 0.5) is 0 Å². The Balaban J connectivity index is 2.34. The maximum atomic E-state index is 12.1. The van der Waals surface area contributed by atoms with E-state index >= 15 is 0 Å². The molecule has 4 nitrogen and oxygen atoms in total. The van der Waals surface area contributed by atoms with Crippen molar-refractivity contribution in [3.8, 4) is 0 Å². The Kier molecular flexibility index (Phi) is 8.27. The second-order valence-corrected chi connectivity index (χ2v) is 6.42. The molecule has 21 heavy (non-hydrogen) atoms. The topological polar surface area (TPSA) is 41.6 Å². The quantitative estimate of drug-likeness (QED) is 0.525. The molecule has 1 heterocycles. The Labute approximate surface area is 130 Å². The van der Waals surface area contributed by atoms with Gasteiger partial charge in [0, 0.05) is 6.04 Å². The first-order valence-corrected chi connectivity index (χ1v) is 8.69. The van der Waals surface area contributed by atoms with Gasteiger partial charge in [0.15, 0.2) is 0 Å². The van der Waals surface area contributed by atoms with Gasteiger partial charge in [0.1, 0.15) is 5.54 Å². The van der Waals surface area contributed by atoms with Gasteiger partial charge in [0.2, 0.25) is 0 Å². The summed E-state index contributed by atoms with van der Waals surface area (Å²) < 4.78 is 5.21. The monoisotopic (exact) mass is 298 g/mol. The number of hydrogen-bond donors (Lipinski definition) is 1. The van der Waals surface area contributed by atoms with Crippen LogP contribution in [0.25, 0.3) is 0 Å². The van der Waals surface area contributed by atoms with Crippen molar-refractivity contribution in [2.24, 2.45) is 0 Å². The minimum absolute atomic E-state index is 0.113. The number of carbonyl (C=O) groups excluding carboxylic acids is 1. The van der Waals surface area contributed by atoms with E-state index in [2.05, 4.69) is 17.1 Å². The molecule has 0 radical (unpaired) electrons. The van der Waals surface area contributed by atoms with Gasteiger partial charge in [-0.2, -0.15) is 0 Å². The fourth-order valence-electron chi connectivity index (χ4n) is 3.23. The highest BCUT2D eigenvalue weighted by Gasteiger charge is 2.33. The third-order valence-electron chi connectivity index (χ3n) is 4.61. The zero-order chi connectivity index (χ0) is 15.7. The zero-order valence-electron chi connectivity index (χ0n) is 14.4. The van der Waals surface area contributed by atoms with E-state index in [0.717, 1.165) is 38.4 Å². The van der Waals surface area contributed by atoms with Crippen molar-refractivity contribution in [2.45, 2.75) is 77.8 Å². The van der Waals surface area contributed by atoms with E-state index in [4.69, 9.17) is 4.74 Å². The normalized spacial score (nSPS) is 22.8. The van der Waals surface area contributed by atoms with Crippen LogP contribution in [0.15, 0.2) is 0 Å². The molecule has 0 aromatic heterocycles. The molecular formula is C17H34N2O2. The van der Waals surface area contributed by atoms with Crippen LogP contribution < -0.4 is 5.32 Å². The minimum atomic E-state index is -0.529. The third-order valence-corrected chi connectivity index (χ3v) is 4.61. The number of unbranched alkanes of at least 4 members (excludes halogenated alkanes) is 1. The van der Waals surface area contributed by atoms with Crippen LogP contribution in [0, 0.1) is 0 Å². The maximum absolute atomic E-state index is 12.1. The van der Waals surface area contributed by atoms with E-state index in [1.165, 1.54) is 25.8 Å². The van der Waals surface area contributed by atoms with Crippen LogP contribution >= 0.6 is 0 Å². The Morgan fingerprint density at radius 1 is 1.33 bits per heavy atom. The summed E-state index contributed by atoms with van der Waals surface area (Å²) in [4.78, 5) is 14.7. The maximum Gasteiger partial charge on any atom is 0.326 e. The van der Waals surface area contributed by atoms with Gasteiger partial charge in [-0.15, -0.1) is 0 Å². The second-order valence-electron chi connectivity index (χ2n) is 6.42. The van der Waals surface area contributed by atoms with Gasteiger partial charge < -0.3 is 15.0 Å². The highest BCUT2D eigenvalue weighted by molar-refractivity contribution is 5.80. The predicted molar refractivity (Wildman–Crippen MR) is 87.5 cm³/mol. The van der Waals surface area contributed by atoms with E-state index < -0.39 is 5.54 Å². The van der Waals surface area contributed by atoms with Gasteiger partial charge >= 0.3 is 5.97 Å². The lowest BCUT2D eigenvalue weighted by Gasteiger charge is -2.34. The Morgan fingerprint density at radius 2 is 2.10 bits per heavy atom. The largest absolute Gasteiger partial charge is 0.465 e. The van der Waals surface area contributed by atoms with Crippen LogP contribution in [0.2, 0.25) is 0 Å². The van der Waals surface area contributed by atoms with E-state index in [-0.39, 0.29) is 5.97 Å². The molecule has 1 N–H and O–H groups in total. The SMILES string of the molecule is CCNC(C)(CCCCN1CCCCC1C)C(=O)OCC. The van der Waals surface area contributed by atoms with Crippen molar-refractivity contribution >= 4 is 5.97 Å². The number of ether oxygens (including phenoxy) is 1. The second kappa shape index (κ2) is 9.42. The molecule has 1 fully saturated rings. The van der Waals surface area contributed by atoms with Crippen molar-refractivity contribution in [1.82, 2.24) is 10.2 Å². The number of carbonyl (C=O) groups is 1. The molecule has 1 rings (SSSR count). The lowest BCUT2D eigenvalue weighted by molar-refractivity contribution is -0.150. The van der Waals surface area contributed by atoms with Crippen LogP contribution in [0.1, 0.15) is 66.2 Å². The molecule has 0 aliphatic carbocycles. The number of piperidine rings is 1. The molecule has 2 unspecified atom stereocenters. The standard InChI is InChI=1S/C17H34N2O2/c1-5-18-17(4,16(20)21-6-2)12-8-10-14-19-13-9-7-11-15(19)3/h15,18H,5-14H2,1-4H3. The molecule has 0 bridgehead atoms. The first-order valence-electron chi connectivity index (χ1n) is 8.69. The summed E-state index contributed by atoms with van der Waals surface area (Å²) in [7, 11) is 0. The molecule has 1 aliphatic heterocycles. The zero-order valence-corrected chi connectivity index (χ0v) is 14.4. The van der Waals surface area contributed by atoms with Crippen molar-refractivity contribution in [1.29, 1.82) is 0 Å². The smallest absolute Gasteiger partial charge is 0.326 e. The average molecular weight is 298 g/mol. The Bertz CT molecular complexity index is 309. The van der Waals surface area contributed by atoms with Crippen LogP contribution in [0.3, 0.4) is 0 Å². The summed E-state index contributed by atoms with van der Waals surface area (Å²) in [5.74, 6) is -0.113. The molecule has 4 heteroatoms. The fourth-order valence-corrected chi connectivity index (χ4v) is 3.23. The first kappa shape index (κ1) is 18.4. The number of esters is 1. The number of hydrogen-bond acceptors (Lipinski definition) is 4. The lowest BCUT2D eigenvalue weighted by Crippen LogP contribution is -2.50. The van der Waals surface area contributed by atoms with Gasteiger partial charge in [-0.25, -0.2) is 0 Å². The molecular weight excluding hydrogens is 264 g/mol.